The Morgan fingerprint density at radius 2 is 2.00 bits per heavy atom. The highest BCUT2D eigenvalue weighted by molar-refractivity contribution is 5.94. The Balaban J connectivity index is 2.10. The first kappa shape index (κ1) is 20.6. The number of nitrogens with zero attached hydrogens (tertiary/aromatic N) is 3. The first-order valence-electron chi connectivity index (χ1n) is 8.97. The molecule has 2 rings (SSSR count). The number of aryl methyl sites for hydroxylation is 1. The van der Waals surface area contributed by atoms with E-state index in [1.165, 1.54) is 24.1 Å². The van der Waals surface area contributed by atoms with Gasteiger partial charge in [0, 0.05) is 12.1 Å². The van der Waals surface area contributed by atoms with Gasteiger partial charge in [0.2, 0.25) is 5.91 Å². The second-order valence-corrected chi connectivity index (χ2v) is 7.68. The van der Waals surface area contributed by atoms with Crippen LogP contribution in [0.1, 0.15) is 52.1 Å². The number of amides is 2. The molecule has 0 spiro atoms. The van der Waals surface area contributed by atoms with E-state index in [0.29, 0.717) is 0 Å². The number of aromatic nitrogens is 1. The smallest absolute Gasteiger partial charge is 0.411 e. The summed E-state index contributed by atoms with van der Waals surface area (Å²) in [6.07, 6.45) is 4.47. The lowest BCUT2D eigenvalue weighted by molar-refractivity contribution is -0.385. The van der Waals surface area contributed by atoms with E-state index in [2.05, 4.69) is 10.3 Å². The van der Waals surface area contributed by atoms with Gasteiger partial charge < -0.3 is 10.1 Å². The van der Waals surface area contributed by atoms with Gasteiger partial charge in [0.1, 0.15) is 17.8 Å². The Bertz CT molecular complexity index is 723. The third-order valence-corrected chi connectivity index (χ3v) is 4.25. The lowest BCUT2D eigenvalue weighted by Gasteiger charge is -2.31. The lowest BCUT2D eigenvalue weighted by Crippen LogP contribution is -2.46. The summed E-state index contributed by atoms with van der Waals surface area (Å²) in [6.45, 7) is 6.66. The van der Waals surface area contributed by atoms with E-state index in [0.717, 1.165) is 25.7 Å². The quantitative estimate of drug-likeness (QED) is 0.620. The molecular weight excluding hydrogens is 352 g/mol. The lowest BCUT2D eigenvalue weighted by atomic mass is 10.2. The highest BCUT2D eigenvalue weighted by Crippen LogP contribution is 2.25. The summed E-state index contributed by atoms with van der Waals surface area (Å²) in [4.78, 5) is 40.8. The van der Waals surface area contributed by atoms with Crippen molar-refractivity contribution in [3.8, 4) is 0 Å². The normalized spacial score (nSPS) is 14.7. The van der Waals surface area contributed by atoms with Crippen LogP contribution in [0.25, 0.3) is 0 Å². The van der Waals surface area contributed by atoms with Crippen molar-refractivity contribution in [1.29, 1.82) is 0 Å². The van der Waals surface area contributed by atoms with Crippen LogP contribution in [0.2, 0.25) is 0 Å². The molecule has 9 nitrogen and oxygen atoms in total. The van der Waals surface area contributed by atoms with Gasteiger partial charge in [-0.25, -0.2) is 4.79 Å². The Labute approximate surface area is 158 Å². The maximum absolute atomic E-state index is 12.5. The molecule has 2 amide bonds. The Kier molecular flexibility index (Phi) is 6.35. The predicted molar refractivity (Wildman–Crippen MR) is 99.5 cm³/mol. The van der Waals surface area contributed by atoms with E-state index in [-0.39, 0.29) is 29.7 Å². The molecule has 1 aromatic rings. The molecule has 9 heteroatoms. The number of carbonyl (C=O) groups excluding carboxylic acids is 2. The second-order valence-electron chi connectivity index (χ2n) is 7.68. The summed E-state index contributed by atoms with van der Waals surface area (Å²) in [7, 11) is 0. The topological polar surface area (TPSA) is 115 Å². The molecular formula is C18H26N4O5. The first-order chi connectivity index (χ1) is 12.6. The average molecular weight is 378 g/mol. The van der Waals surface area contributed by atoms with Gasteiger partial charge in [-0.1, -0.05) is 12.8 Å². The summed E-state index contributed by atoms with van der Waals surface area (Å²) < 4.78 is 5.44. The largest absolute Gasteiger partial charge is 0.444 e. The summed E-state index contributed by atoms with van der Waals surface area (Å²) in [5, 5.41) is 13.6. The van der Waals surface area contributed by atoms with E-state index in [4.69, 9.17) is 4.74 Å². The molecule has 1 heterocycles. The van der Waals surface area contributed by atoms with E-state index in [9.17, 15) is 19.7 Å². The second kappa shape index (κ2) is 8.32. The molecule has 0 aromatic carbocycles. The standard InChI is InChI=1S/C18H26N4O5/c1-12-15(22(25)26)9-13(10-19-12)20-16(23)11-21(14-7-5-6-8-14)17(24)27-18(2,3)4/h9-10,14H,5-8,11H2,1-4H3,(H,20,23). The van der Waals surface area contributed by atoms with Crippen molar-refractivity contribution >= 4 is 23.4 Å². The minimum absolute atomic E-state index is 0.0453. The van der Waals surface area contributed by atoms with E-state index in [1.807, 2.05) is 0 Å². The summed E-state index contributed by atoms with van der Waals surface area (Å²) in [6, 6.07) is 1.21. The van der Waals surface area contributed by atoms with E-state index < -0.39 is 22.5 Å². The van der Waals surface area contributed by atoms with Gasteiger partial charge in [-0.3, -0.25) is 24.8 Å². The van der Waals surface area contributed by atoms with Crippen LogP contribution in [0.4, 0.5) is 16.2 Å². The minimum Gasteiger partial charge on any atom is -0.444 e. The maximum atomic E-state index is 12.5. The number of nitro groups is 1. The summed E-state index contributed by atoms with van der Waals surface area (Å²) in [5.41, 5.74) is -0.355. The molecule has 0 saturated heterocycles. The van der Waals surface area contributed by atoms with Crippen molar-refractivity contribution in [3.05, 3.63) is 28.1 Å². The van der Waals surface area contributed by atoms with Crippen molar-refractivity contribution in [1.82, 2.24) is 9.88 Å². The molecule has 1 aliphatic rings. The molecule has 148 valence electrons. The predicted octanol–water partition coefficient (Wildman–Crippen LogP) is 3.42. The number of rotatable bonds is 5. The summed E-state index contributed by atoms with van der Waals surface area (Å²) in [5.74, 6) is -0.451. The molecule has 0 atom stereocenters. The van der Waals surface area contributed by atoms with Gasteiger partial charge in [-0.15, -0.1) is 0 Å². The van der Waals surface area contributed by atoms with Gasteiger partial charge in [0.25, 0.3) is 5.69 Å². The monoisotopic (exact) mass is 378 g/mol. The molecule has 0 aliphatic heterocycles. The SMILES string of the molecule is Cc1ncc(NC(=O)CN(C(=O)OC(C)(C)C)C2CCCC2)cc1[N+](=O)[O-]. The third-order valence-electron chi connectivity index (χ3n) is 4.25. The fourth-order valence-corrected chi connectivity index (χ4v) is 3.01. The molecule has 0 radical (unpaired) electrons. The fourth-order valence-electron chi connectivity index (χ4n) is 3.01. The average Bonchev–Trinajstić information content (AvgIpc) is 3.06. The van der Waals surface area contributed by atoms with Gasteiger partial charge in [0.05, 0.1) is 16.8 Å². The first-order valence-corrected chi connectivity index (χ1v) is 8.97. The van der Waals surface area contributed by atoms with Gasteiger partial charge in [0.15, 0.2) is 0 Å². The molecule has 0 unspecified atom stereocenters. The Hall–Kier alpha value is -2.71. The number of hydrogen-bond donors (Lipinski definition) is 1. The molecule has 0 bridgehead atoms. The van der Waals surface area contributed by atoms with Crippen molar-refractivity contribution in [2.45, 2.75) is 65.0 Å². The zero-order valence-corrected chi connectivity index (χ0v) is 16.2. The van der Waals surface area contributed by atoms with Crippen molar-refractivity contribution in [3.63, 3.8) is 0 Å². The van der Waals surface area contributed by atoms with E-state index in [1.54, 1.807) is 20.8 Å². The van der Waals surface area contributed by atoms with Gasteiger partial charge in [-0.2, -0.15) is 0 Å². The zero-order valence-electron chi connectivity index (χ0n) is 16.2. The molecule has 1 aromatic heterocycles. The molecule has 1 saturated carbocycles. The molecule has 27 heavy (non-hydrogen) atoms. The minimum atomic E-state index is -0.661. The Morgan fingerprint density at radius 1 is 1.37 bits per heavy atom. The van der Waals surface area contributed by atoms with Crippen molar-refractivity contribution in [2.24, 2.45) is 0 Å². The zero-order chi connectivity index (χ0) is 20.2. The number of hydrogen-bond acceptors (Lipinski definition) is 6. The van der Waals surface area contributed by atoms with Crippen LogP contribution < -0.4 is 5.32 Å². The molecule has 1 N–H and O–H groups in total. The van der Waals surface area contributed by atoms with Crippen LogP contribution in [0.5, 0.6) is 0 Å². The Morgan fingerprint density at radius 3 is 2.56 bits per heavy atom. The number of nitrogens with one attached hydrogen (secondary N) is 1. The van der Waals surface area contributed by atoms with Crippen LogP contribution in [0.3, 0.4) is 0 Å². The fraction of sp³-hybridized carbons (Fsp3) is 0.611. The highest BCUT2D eigenvalue weighted by atomic mass is 16.6. The van der Waals surface area contributed by atoms with Gasteiger partial charge >= 0.3 is 6.09 Å². The van der Waals surface area contributed by atoms with Crippen molar-refractivity contribution < 1.29 is 19.2 Å². The maximum Gasteiger partial charge on any atom is 0.411 e. The number of pyridine rings is 1. The molecule has 1 fully saturated rings. The summed E-state index contributed by atoms with van der Waals surface area (Å²) >= 11 is 0. The van der Waals surface area contributed by atoms with Crippen LogP contribution in [-0.4, -0.2) is 45.0 Å². The van der Waals surface area contributed by atoms with Crippen LogP contribution in [-0.2, 0) is 9.53 Å². The number of anilines is 1. The number of carbonyl (C=O) groups is 2. The van der Waals surface area contributed by atoms with Crippen LogP contribution in [0.15, 0.2) is 12.3 Å². The van der Waals surface area contributed by atoms with E-state index >= 15 is 0 Å². The highest BCUT2D eigenvalue weighted by Gasteiger charge is 2.31. The van der Waals surface area contributed by atoms with Crippen molar-refractivity contribution in [2.75, 3.05) is 11.9 Å². The number of ether oxygens (including phenoxy) is 1. The van der Waals surface area contributed by atoms with Gasteiger partial charge in [-0.05, 0) is 40.5 Å². The third kappa shape index (κ3) is 5.90. The van der Waals surface area contributed by atoms with Crippen LogP contribution >= 0.6 is 0 Å². The van der Waals surface area contributed by atoms with Crippen LogP contribution in [0, 0.1) is 17.0 Å². The molecule has 1 aliphatic carbocycles.